The quantitative estimate of drug-likeness (QED) is 0.624. The van der Waals surface area contributed by atoms with Crippen LogP contribution < -0.4 is 4.74 Å². The van der Waals surface area contributed by atoms with Gasteiger partial charge in [-0.25, -0.2) is 0 Å². The van der Waals surface area contributed by atoms with Gasteiger partial charge in [0.2, 0.25) is 0 Å². The Morgan fingerprint density at radius 3 is 2.62 bits per heavy atom. The largest absolute Gasteiger partial charge is 0.491 e. The molecule has 0 aliphatic carbocycles. The van der Waals surface area contributed by atoms with E-state index in [1.165, 1.54) is 0 Å². The van der Waals surface area contributed by atoms with Crippen LogP contribution in [0, 0.1) is 6.92 Å². The van der Waals surface area contributed by atoms with E-state index in [4.69, 9.17) is 14.0 Å². The summed E-state index contributed by atoms with van der Waals surface area (Å²) in [6, 6.07) is 11.8. The summed E-state index contributed by atoms with van der Waals surface area (Å²) in [6.07, 6.45) is 4.32. The zero-order valence-electron chi connectivity index (χ0n) is 12.6. The van der Waals surface area contributed by atoms with Crippen LogP contribution in [0.15, 0.2) is 40.9 Å². The second-order valence-electron chi connectivity index (χ2n) is 5.01. The summed E-state index contributed by atoms with van der Waals surface area (Å²) in [4.78, 5) is 0. The molecule has 0 atom stereocenters. The highest BCUT2D eigenvalue weighted by Gasteiger charge is 1.99. The van der Waals surface area contributed by atoms with E-state index >= 15 is 0 Å². The Balaban J connectivity index is 1.40. The van der Waals surface area contributed by atoms with Crippen molar-refractivity contribution in [2.45, 2.75) is 32.6 Å². The molecule has 1 aromatic carbocycles. The Morgan fingerprint density at radius 2 is 1.86 bits per heavy atom. The standard InChI is InChI=1S/C17H23NO3/c1-15-14-16(18-21-15)8-4-3-7-11-19-12-13-20-17-9-5-2-6-10-17/h2,5-6,9-10,14H,3-4,7-8,11-13H2,1H3. The first-order valence-corrected chi connectivity index (χ1v) is 7.52. The summed E-state index contributed by atoms with van der Waals surface area (Å²) >= 11 is 0. The molecule has 21 heavy (non-hydrogen) atoms. The number of benzene rings is 1. The number of hydrogen-bond acceptors (Lipinski definition) is 4. The fourth-order valence-corrected chi connectivity index (χ4v) is 2.06. The molecule has 1 aromatic heterocycles. The molecule has 4 nitrogen and oxygen atoms in total. The number of nitrogens with zero attached hydrogens (tertiary/aromatic N) is 1. The van der Waals surface area contributed by atoms with Crippen LogP contribution in [0.4, 0.5) is 0 Å². The van der Waals surface area contributed by atoms with Crippen molar-refractivity contribution in [3.8, 4) is 5.75 Å². The average molecular weight is 289 g/mol. The van der Waals surface area contributed by atoms with Gasteiger partial charge in [0.25, 0.3) is 0 Å². The molecule has 0 fully saturated rings. The maximum Gasteiger partial charge on any atom is 0.133 e. The predicted octanol–water partition coefficient (Wildman–Crippen LogP) is 3.79. The van der Waals surface area contributed by atoms with Gasteiger partial charge in [-0.05, 0) is 38.3 Å². The van der Waals surface area contributed by atoms with Gasteiger partial charge in [0.05, 0.1) is 12.3 Å². The summed E-state index contributed by atoms with van der Waals surface area (Å²) < 4.78 is 16.1. The molecule has 2 rings (SSSR count). The molecular formula is C17H23NO3. The highest BCUT2D eigenvalue weighted by Crippen LogP contribution is 2.08. The fourth-order valence-electron chi connectivity index (χ4n) is 2.06. The molecule has 0 radical (unpaired) electrons. The number of para-hydroxylation sites is 1. The lowest BCUT2D eigenvalue weighted by Crippen LogP contribution is -2.07. The number of aryl methyl sites for hydroxylation is 2. The van der Waals surface area contributed by atoms with E-state index in [2.05, 4.69) is 5.16 Å². The number of rotatable bonds is 10. The number of aromatic nitrogens is 1. The molecule has 0 unspecified atom stereocenters. The van der Waals surface area contributed by atoms with Gasteiger partial charge in [0, 0.05) is 12.7 Å². The van der Waals surface area contributed by atoms with E-state index in [-0.39, 0.29) is 0 Å². The lowest BCUT2D eigenvalue weighted by molar-refractivity contribution is 0.0971. The van der Waals surface area contributed by atoms with Gasteiger partial charge in [-0.1, -0.05) is 29.8 Å². The average Bonchev–Trinajstić information content (AvgIpc) is 2.92. The Kier molecular flexibility index (Phi) is 6.81. The van der Waals surface area contributed by atoms with Crippen molar-refractivity contribution in [2.75, 3.05) is 19.8 Å². The van der Waals surface area contributed by atoms with Gasteiger partial charge >= 0.3 is 0 Å². The topological polar surface area (TPSA) is 44.5 Å². The van der Waals surface area contributed by atoms with Gasteiger partial charge in [-0.2, -0.15) is 0 Å². The Bertz CT molecular complexity index is 496. The lowest BCUT2D eigenvalue weighted by atomic mass is 10.1. The van der Waals surface area contributed by atoms with Crippen molar-refractivity contribution in [3.63, 3.8) is 0 Å². The summed E-state index contributed by atoms with van der Waals surface area (Å²) in [5.74, 6) is 1.77. The van der Waals surface area contributed by atoms with Crippen LogP contribution in [0.3, 0.4) is 0 Å². The third kappa shape index (κ3) is 6.45. The van der Waals surface area contributed by atoms with E-state index in [1.807, 2.05) is 43.3 Å². The summed E-state index contributed by atoms with van der Waals surface area (Å²) in [5, 5.41) is 3.98. The highest BCUT2D eigenvalue weighted by atomic mass is 16.5. The summed E-state index contributed by atoms with van der Waals surface area (Å²) in [5.41, 5.74) is 1.05. The minimum Gasteiger partial charge on any atom is -0.491 e. The Morgan fingerprint density at radius 1 is 1.00 bits per heavy atom. The van der Waals surface area contributed by atoms with Crippen molar-refractivity contribution in [3.05, 3.63) is 47.9 Å². The zero-order valence-corrected chi connectivity index (χ0v) is 12.6. The van der Waals surface area contributed by atoms with Crippen molar-refractivity contribution in [1.29, 1.82) is 0 Å². The van der Waals surface area contributed by atoms with Crippen LogP contribution in [0.2, 0.25) is 0 Å². The van der Waals surface area contributed by atoms with E-state index in [9.17, 15) is 0 Å². The maximum absolute atomic E-state index is 5.55. The van der Waals surface area contributed by atoms with Crippen LogP contribution in [-0.4, -0.2) is 25.0 Å². The normalized spacial score (nSPS) is 10.7. The van der Waals surface area contributed by atoms with E-state index < -0.39 is 0 Å². The molecule has 0 amide bonds. The van der Waals surface area contributed by atoms with Crippen molar-refractivity contribution in [2.24, 2.45) is 0 Å². The molecular weight excluding hydrogens is 266 g/mol. The van der Waals surface area contributed by atoms with Gasteiger partial charge in [0.1, 0.15) is 18.1 Å². The van der Waals surface area contributed by atoms with E-state index in [0.717, 1.165) is 49.5 Å². The number of unbranched alkanes of at least 4 members (excludes halogenated alkanes) is 2. The summed E-state index contributed by atoms with van der Waals surface area (Å²) in [6.45, 7) is 3.94. The molecule has 4 heteroatoms. The Labute approximate surface area is 126 Å². The van der Waals surface area contributed by atoms with Crippen LogP contribution in [0.1, 0.15) is 30.7 Å². The first-order valence-electron chi connectivity index (χ1n) is 7.52. The molecule has 0 saturated heterocycles. The van der Waals surface area contributed by atoms with Gasteiger partial charge < -0.3 is 14.0 Å². The van der Waals surface area contributed by atoms with Crippen LogP contribution >= 0.6 is 0 Å². The van der Waals surface area contributed by atoms with E-state index in [1.54, 1.807) is 0 Å². The number of hydrogen-bond donors (Lipinski definition) is 0. The highest BCUT2D eigenvalue weighted by molar-refractivity contribution is 5.20. The Hall–Kier alpha value is -1.81. The van der Waals surface area contributed by atoms with Crippen molar-refractivity contribution in [1.82, 2.24) is 5.16 Å². The SMILES string of the molecule is Cc1cc(CCCCCOCCOc2ccccc2)no1. The second-order valence-corrected chi connectivity index (χ2v) is 5.01. The molecule has 0 spiro atoms. The molecule has 114 valence electrons. The predicted molar refractivity (Wildman–Crippen MR) is 81.6 cm³/mol. The lowest BCUT2D eigenvalue weighted by Gasteiger charge is -2.06. The zero-order chi connectivity index (χ0) is 14.8. The summed E-state index contributed by atoms with van der Waals surface area (Å²) in [7, 11) is 0. The molecule has 0 aliphatic heterocycles. The molecule has 0 bridgehead atoms. The van der Waals surface area contributed by atoms with Crippen LogP contribution in [0.5, 0.6) is 5.75 Å². The van der Waals surface area contributed by atoms with Gasteiger partial charge in [-0.15, -0.1) is 0 Å². The monoisotopic (exact) mass is 289 g/mol. The minimum atomic E-state index is 0.599. The molecule has 0 saturated carbocycles. The van der Waals surface area contributed by atoms with E-state index in [0.29, 0.717) is 13.2 Å². The first kappa shape index (κ1) is 15.6. The minimum absolute atomic E-state index is 0.599. The van der Waals surface area contributed by atoms with Crippen LogP contribution in [-0.2, 0) is 11.2 Å². The second kappa shape index (κ2) is 9.19. The molecule has 1 heterocycles. The van der Waals surface area contributed by atoms with Gasteiger partial charge in [0.15, 0.2) is 0 Å². The fraction of sp³-hybridized carbons (Fsp3) is 0.471. The first-order chi connectivity index (χ1) is 10.3. The van der Waals surface area contributed by atoms with Gasteiger partial charge in [-0.3, -0.25) is 0 Å². The van der Waals surface area contributed by atoms with Crippen molar-refractivity contribution < 1.29 is 14.0 Å². The number of ether oxygens (including phenoxy) is 2. The molecule has 0 aliphatic rings. The third-order valence-corrected chi connectivity index (χ3v) is 3.14. The smallest absolute Gasteiger partial charge is 0.133 e. The van der Waals surface area contributed by atoms with Crippen molar-refractivity contribution >= 4 is 0 Å². The maximum atomic E-state index is 5.55. The van der Waals surface area contributed by atoms with Crippen LogP contribution in [0.25, 0.3) is 0 Å². The molecule has 0 N–H and O–H groups in total. The molecule has 2 aromatic rings. The third-order valence-electron chi connectivity index (χ3n) is 3.14.